The van der Waals surface area contributed by atoms with Crippen molar-refractivity contribution in [3.8, 4) is 0 Å². The Morgan fingerprint density at radius 3 is 2.85 bits per heavy atom. The number of likely N-dealkylation sites (tertiary alicyclic amines) is 1. The van der Waals surface area contributed by atoms with Crippen molar-refractivity contribution < 1.29 is 4.79 Å². The van der Waals surface area contributed by atoms with E-state index in [1.807, 2.05) is 17.2 Å². The first-order valence-electron chi connectivity index (χ1n) is 7.69. The van der Waals surface area contributed by atoms with E-state index in [4.69, 9.17) is 0 Å². The summed E-state index contributed by atoms with van der Waals surface area (Å²) in [4.78, 5) is 18.3. The van der Waals surface area contributed by atoms with Crippen LogP contribution in [0.5, 0.6) is 0 Å². The topological polar surface area (TPSA) is 45.2 Å². The third kappa shape index (κ3) is 3.95. The lowest BCUT2D eigenvalue weighted by Gasteiger charge is -2.16. The summed E-state index contributed by atoms with van der Waals surface area (Å²) in [5.74, 6) is 1.75. The molecule has 1 aliphatic heterocycles. The number of hydrogen-bond acceptors (Lipinski definition) is 3. The minimum absolute atomic E-state index is 0.289. The second-order valence-electron chi connectivity index (χ2n) is 5.61. The van der Waals surface area contributed by atoms with E-state index in [1.165, 1.54) is 0 Å². The van der Waals surface area contributed by atoms with Crippen molar-refractivity contribution in [2.75, 3.05) is 18.4 Å². The van der Waals surface area contributed by atoms with Crippen molar-refractivity contribution in [1.82, 2.24) is 9.88 Å². The first-order valence-corrected chi connectivity index (χ1v) is 7.69. The summed E-state index contributed by atoms with van der Waals surface area (Å²) >= 11 is 0. The largest absolute Gasteiger partial charge is 0.370 e. The van der Waals surface area contributed by atoms with Crippen molar-refractivity contribution in [3.05, 3.63) is 23.9 Å². The normalized spacial score (nSPS) is 18.6. The molecule has 0 bridgehead atoms. The number of anilines is 1. The van der Waals surface area contributed by atoms with Crippen LogP contribution in [0.25, 0.3) is 0 Å². The highest BCUT2D eigenvalue weighted by Gasteiger charge is 2.28. The number of aromatic nitrogens is 1. The molecule has 0 spiro atoms. The molecule has 1 aromatic heterocycles. The predicted octanol–water partition coefficient (Wildman–Crippen LogP) is 3.05. The van der Waals surface area contributed by atoms with Crippen LogP contribution in [-0.4, -0.2) is 28.9 Å². The van der Waals surface area contributed by atoms with Gasteiger partial charge in [-0.3, -0.25) is 4.79 Å². The standard InChI is InChI=1S/C16H25N3O/c1-3-5-13-9-16(20)19(11-13)12-14-6-7-15(18-10-14)17-8-4-2/h6-7,10,13H,3-5,8-9,11-12H2,1-2H3,(H,17,18). The van der Waals surface area contributed by atoms with Gasteiger partial charge in [0.15, 0.2) is 0 Å². The molecule has 1 aliphatic rings. The summed E-state index contributed by atoms with van der Waals surface area (Å²) in [5, 5.41) is 3.26. The predicted molar refractivity (Wildman–Crippen MR) is 81.4 cm³/mol. The highest BCUT2D eigenvalue weighted by molar-refractivity contribution is 5.78. The molecule has 2 heterocycles. The number of amides is 1. The van der Waals surface area contributed by atoms with Crippen LogP contribution in [0.4, 0.5) is 5.82 Å². The van der Waals surface area contributed by atoms with Crippen LogP contribution in [0, 0.1) is 5.92 Å². The number of nitrogens with zero attached hydrogens (tertiary/aromatic N) is 2. The van der Waals surface area contributed by atoms with Crippen LogP contribution in [0.15, 0.2) is 18.3 Å². The first-order chi connectivity index (χ1) is 9.72. The van der Waals surface area contributed by atoms with Crippen molar-refractivity contribution in [3.63, 3.8) is 0 Å². The maximum atomic E-state index is 12.0. The Labute approximate surface area is 121 Å². The molecule has 0 radical (unpaired) electrons. The van der Waals surface area contributed by atoms with Gasteiger partial charge in [0.1, 0.15) is 5.82 Å². The average molecular weight is 275 g/mol. The summed E-state index contributed by atoms with van der Waals surface area (Å²) in [6.45, 7) is 6.85. The molecule has 0 aliphatic carbocycles. The van der Waals surface area contributed by atoms with E-state index >= 15 is 0 Å². The number of rotatable bonds is 7. The van der Waals surface area contributed by atoms with Crippen molar-refractivity contribution >= 4 is 11.7 Å². The Kier molecular flexibility index (Phi) is 5.39. The molecule has 4 heteroatoms. The summed E-state index contributed by atoms with van der Waals surface area (Å²) in [6, 6.07) is 4.06. The fourth-order valence-corrected chi connectivity index (χ4v) is 2.70. The third-order valence-electron chi connectivity index (χ3n) is 3.75. The smallest absolute Gasteiger partial charge is 0.223 e. The Morgan fingerprint density at radius 2 is 2.20 bits per heavy atom. The molecule has 110 valence electrons. The average Bonchev–Trinajstić information content (AvgIpc) is 2.79. The van der Waals surface area contributed by atoms with E-state index in [1.54, 1.807) is 0 Å². The fraction of sp³-hybridized carbons (Fsp3) is 0.625. The SMILES string of the molecule is CCCNc1ccc(CN2CC(CCC)CC2=O)cn1. The van der Waals surface area contributed by atoms with E-state index in [0.717, 1.165) is 50.2 Å². The minimum atomic E-state index is 0.289. The van der Waals surface area contributed by atoms with Crippen molar-refractivity contribution in [1.29, 1.82) is 0 Å². The lowest BCUT2D eigenvalue weighted by atomic mass is 10.0. The summed E-state index contributed by atoms with van der Waals surface area (Å²) < 4.78 is 0. The number of hydrogen-bond donors (Lipinski definition) is 1. The summed E-state index contributed by atoms with van der Waals surface area (Å²) in [7, 11) is 0. The Balaban J connectivity index is 1.88. The molecule has 1 fully saturated rings. The quantitative estimate of drug-likeness (QED) is 0.832. The van der Waals surface area contributed by atoms with E-state index in [2.05, 4.69) is 30.2 Å². The zero-order valence-electron chi connectivity index (χ0n) is 12.6. The van der Waals surface area contributed by atoms with Crippen LogP contribution >= 0.6 is 0 Å². The molecule has 1 atom stereocenters. The van der Waals surface area contributed by atoms with Gasteiger partial charge in [0, 0.05) is 32.3 Å². The lowest BCUT2D eigenvalue weighted by Crippen LogP contribution is -2.24. The second-order valence-corrected chi connectivity index (χ2v) is 5.61. The molecule has 1 amide bonds. The molecule has 20 heavy (non-hydrogen) atoms. The van der Waals surface area contributed by atoms with Crippen LogP contribution < -0.4 is 5.32 Å². The van der Waals surface area contributed by atoms with E-state index in [9.17, 15) is 4.79 Å². The fourth-order valence-electron chi connectivity index (χ4n) is 2.70. The molecule has 1 aromatic rings. The third-order valence-corrected chi connectivity index (χ3v) is 3.75. The van der Waals surface area contributed by atoms with Gasteiger partial charge in [0.25, 0.3) is 0 Å². The second kappa shape index (κ2) is 7.27. The van der Waals surface area contributed by atoms with Gasteiger partial charge in [0.05, 0.1) is 0 Å². The van der Waals surface area contributed by atoms with Crippen molar-refractivity contribution in [2.45, 2.75) is 46.1 Å². The monoisotopic (exact) mass is 275 g/mol. The molecule has 4 nitrogen and oxygen atoms in total. The van der Waals surface area contributed by atoms with Crippen LogP contribution in [-0.2, 0) is 11.3 Å². The Bertz CT molecular complexity index is 430. The highest BCUT2D eigenvalue weighted by Crippen LogP contribution is 2.23. The van der Waals surface area contributed by atoms with E-state index < -0.39 is 0 Å². The zero-order valence-corrected chi connectivity index (χ0v) is 12.6. The van der Waals surface area contributed by atoms with E-state index in [0.29, 0.717) is 12.5 Å². The lowest BCUT2D eigenvalue weighted by molar-refractivity contribution is -0.128. The van der Waals surface area contributed by atoms with Crippen LogP contribution in [0.2, 0.25) is 0 Å². The summed E-state index contributed by atoms with van der Waals surface area (Å²) in [6.07, 6.45) is 5.99. The molecule has 1 N–H and O–H groups in total. The molecule has 2 rings (SSSR count). The molecule has 1 unspecified atom stereocenters. The van der Waals surface area contributed by atoms with Gasteiger partial charge < -0.3 is 10.2 Å². The first kappa shape index (κ1) is 14.8. The van der Waals surface area contributed by atoms with Gasteiger partial charge in [-0.2, -0.15) is 0 Å². The van der Waals surface area contributed by atoms with Gasteiger partial charge in [-0.05, 0) is 30.4 Å². The molecular weight excluding hydrogens is 250 g/mol. The van der Waals surface area contributed by atoms with E-state index in [-0.39, 0.29) is 5.91 Å². The van der Waals surface area contributed by atoms with Gasteiger partial charge in [-0.15, -0.1) is 0 Å². The maximum Gasteiger partial charge on any atom is 0.223 e. The Hall–Kier alpha value is -1.58. The van der Waals surface area contributed by atoms with Crippen LogP contribution in [0.3, 0.4) is 0 Å². The Morgan fingerprint density at radius 1 is 1.35 bits per heavy atom. The number of carbonyl (C=O) groups is 1. The number of carbonyl (C=O) groups excluding carboxylic acids is 1. The highest BCUT2D eigenvalue weighted by atomic mass is 16.2. The molecule has 0 saturated carbocycles. The maximum absolute atomic E-state index is 12.0. The summed E-state index contributed by atoms with van der Waals surface area (Å²) in [5.41, 5.74) is 1.11. The van der Waals surface area contributed by atoms with Gasteiger partial charge in [0.2, 0.25) is 5.91 Å². The molecule has 0 aromatic carbocycles. The van der Waals surface area contributed by atoms with Gasteiger partial charge in [-0.25, -0.2) is 4.98 Å². The molecular formula is C16H25N3O. The van der Waals surface area contributed by atoms with Crippen LogP contribution in [0.1, 0.15) is 45.1 Å². The molecule has 1 saturated heterocycles. The van der Waals surface area contributed by atoms with Gasteiger partial charge in [-0.1, -0.05) is 26.3 Å². The van der Waals surface area contributed by atoms with Crippen molar-refractivity contribution in [2.24, 2.45) is 5.92 Å². The number of pyridine rings is 1. The minimum Gasteiger partial charge on any atom is -0.370 e. The zero-order chi connectivity index (χ0) is 14.4. The number of nitrogens with one attached hydrogen (secondary N) is 1. The van der Waals surface area contributed by atoms with Gasteiger partial charge >= 0.3 is 0 Å².